The first-order chi connectivity index (χ1) is 20.8. The summed E-state index contributed by atoms with van der Waals surface area (Å²) in [4.78, 5) is 66.0. The van der Waals surface area contributed by atoms with E-state index >= 15 is 0 Å². The zero-order chi connectivity index (χ0) is 33.3. The Morgan fingerprint density at radius 1 is 0.978 bits per heavy atom. The molecule has 45 heavy (non-hydrogen) atoms. The molecule has 3 aliphatic heterocycles. The van der Waals surface area contributed by atoms with Gasteiger partial charge in [0, 0.05) is 36.8 Å². The molecule has 1 spiro atoms. The number of aliphatic hydroxyl groups is 2. The summed E-state index contributed by atoms with van der Waals surface area (Å²) in [5, 5.41) is 25.7. The highest BCUT2D eigenvalue weighted by Gasteiger charge is 3.01. The van der Waals surface area contributed by atoms with Crippen molar-refractivity contribution in [3.8, 4) is 0 Å². The normalized spacial score (nSPS) is 47.2. The SMILES string of the molecule is COC(=O)/C=C\[C@@]1(C)[C@H]2[C@@H](OC(C)=O)[C@@H](OC(C)=O)[C@@]3(C)[C@H](c4ccoc4)OC(=O)[C@H]4O[C@]43[C@]2(C)[C@]2(O)OC(C)(C)C(=O)[C@@]21O. The zero-order valence-electron chi connectivity index (χ0n) is 26.1. The maximum absolute atomic E-state index is 14.3. The van der Waals surface area contributed by atoms with Gasteiger partial charge in [-0.2, -0.15) is 0 Å². The van der Waals surface area contributed by atoms with Gasteiger partial charge in [0.25, 0.3) is 0 Å². The van der Waals surface area contributed by atoms with E-state index in [-0.39, 0.29) is 0 Å². The molecule has 0 unspecified atom stereocenters. The molecule has 14 heteroatoms. The van der Waals surface area contributed by atoms with Crippen LogP contribution in [0.2, 0.25) is 0 Å². The van der Waals surface area contributed by atoms with E-state index in [1.54, 1.807) is 6.92 Å². The van der Waals surface area contributed by atoms with Crippen molar-refractivity contribution in [1.29, 1.82) is 0 Å². The van der Waals surface area contributed by atoms with Gasteiger partial charge in [0.15, 0.2) is 17.8 Å². The van der Waals surface area contributed by atoms with Crippen molar-refractivity contribution in [3.63, 3.8) is 0 Å². The number of cyclic esters (lactones) is 1. The second kappa shape index (κ2) is 9.02. The van der Waals surface area contributed by atoms with Crippen molar-refractivity contribution in [2.45, 2.75) is 95.5 Å². The number of hydrogen-bond donors (Lipinski definition) is 2. The monoisotopic (exact) mass is 632 g/mol. The van der Waals surface area contributed by atoms with Crippen LogP contribution in [0.3, 0.4) is 0 Å². The van der Waals surface area contributed by atoms with Crippen molar-refractivity contribution < 1.29 is 67.0 Å². The summed E-state index contributed by atoms with van der Waals surface area (Å²) < 4.78 is 40.4. The Hall–Kier alpha value is -3.59. The van der Waals surface area contributed by atoms with Crippen LogP contribution >= 0.6 is 0 Å². The minimum absolute atomic E-state index is 0.331. The molecule has 3 saturated heterocycles. The molecule has 0 amide bonds. The van der Waals surface area contributed by atoms with Gasteiger partial charge in [-0.3, -0.25) is 14.4 Å². The molecule has 5 fully saturated rings. The molecule has 2 N–H and O–H groups in total. The van der Waals surface area contributed by atoms with Crippen molar-refractivity contribution in [1.82, 2.24) is 0 Å². The van der Waals surface area contributed by atoms with E-state index in [1.807, 2.05) is 0 Å². The van der Waals surface area contributed by atoms with E-state index in [4.69, 9.17) is 32.8 Å². The zero-order valence-corrected chi connectivity index (χ0v) is 26.1. The number of carbonyl (C=O) groups excluding carboxylic acids is 5. The molecule has 1 aromatic heterocycles. The first-order valence-corrected chi connectivity index (χ1v) is 14.5. The van der Waals surface area contributed by atoms with Crippen LogP contribution in [0.25, 0.3) is 0 Å². The quantitative estimate of drug-likeness (QED) is 0.202. The van der Waals surface area contributed by atoms with Gasteiger partial charge in [-0.05, 0) is 26.8 Å². The number of epoxide rings is 1. The average molecular weight is 633 g/mol. The average Bonchev–Trinajstić information content (AvgIpc) is 3.44. The number of hydrogen-bond acceptors (Lipinski definition) is 14. The van der Waals surface area contributed by atoms with E-state index in [0.717, 1.165) is 27.0 Å². The topological polar surface area (TPSA) is 198 Å². The van der Waals surface area contributed by atoms with E-state index in [1.165, 1.54) is 52.4 Å². The van der Waals surface area contributed by atoms with Gasteiger partial charge < -0.3 is 43.1 Å². The minimum Gasteiger partial charge on any atom is -0.472 e. The smallest absolute Gasteiger partial charge is 0.339 e. The summed E-state index contributed by atoms with van der Waals surface area (Å²) in [5.74, 6) is -8.53. The molecular weight excluding hydrogens is 596 g/mol. The highest BCUT2D eigenvalue weighted by atomic mass is 16.7. The van der Waals surface area contributed by atoms with Crippen LogP contribution in [0, 0.1) is 22.2 Å². The Morgan fingerprint density at radius 2 is 1.62 bits per heavy atom. The lowest BCUT2D eigenvalue weighted by molar-refractivity contribution is -0.356. The Labute approximate surface area is 257 Å². The first-order valence-electron chi connectivity index (χ1n) is 14.5. The number of furan rings is 1. The lowest BCUT2D eigenvalue weighted by atomic mass is 9.43. The molecule has 0 bridgehead atoms. The molecule has 11 atom stereocenters. The number of rotatable bonds is 5. The molecular formula is C31H36O14. The Balaban J connectivity index is 1.76. The van der Waals surface area contributed by atoms with Gasteiger partial charge in [-0.15, -0.1) is 0 Å². The molecule has 2 saturated carbocycles. The summed E-state index contributed by atoms with van der Waals surface area (Å²) in [6, 6.07) is 1.53. The van der Waals surface area contributed by atoms with Gasteiger partial charge in [0.1, 0.15) is 23.4 Å². The molecule has 2 aliphatic carbocycles. The van der Waals surface area contributed by atoms with Crippen LogP contribution in [0.1, 0.15) is 60.1 Å². The molecule has 244 valence electrons. The third-order valence-corrected chi connectivity index (χ3v) is 11.1. The Morgan fingerprint density at radius 3 is 2.18 bits per heavy atom. The second-order valence-electron chi connectivity index (χ2n) is 13.6. The van der Waals surface area contributed by atoms with Gasteiger partial charge in [0.05, 0.1) is 30.5 Å². The molecule has 6 rings (SSSR count). The van der Waals surface area contributed by atoms with Crippen LogP contribution < -0.4 is 0 Å². The number of carbonyl (C=O) groups is 5. The molecule has 4 heterocycles. The molecule has 5 aliphatic rings. The third-order valence-electron chi connectivity index (χ3n) is 11.1. The van der Waals surface area contributed by atoms with E-state index in [2.05, 4.69) is 0 Å². The fourth-order valence-corrected chi connectivity index (χ4v) is 9.52. The van der Waals surface area contributed by atoms with Crippen LogP contribution in [-0.4, -0.2) is 87.9 Å². The predicted octanol–water partition coefficient (Wildman–Crippen LogP) is 1.07. The Bertz CT molecular complexity index is 1550. The van der Waals surface area contributed by atoms with Gasteiger partial charge >= 0.3 is 23.9 Å². The number of ketones is 1. The predicted molar refractivity (Wildman–Crippen MR) is 145 cm³/mol. The number of fused-ring (bicyclic) bond motifs is 3. The summed E-state index contributed by atoms with van der Waals surface area (Å²) in [6.45, 7) is 9.44. The largest absolute Gasteiger partial charge is 0.472 e. The van der Waals surface area contributed by atoms with Crippen LogP contribution in [0.4, 0.5) is 0 Å². The van der Waals surface area contributed by atoms with E-state index < -0.39 is 98.8 Å². The summed E-state index contributed by atoms with van der Waals surface area (Å²) in [6.07, 6.45) is -0.887. The Kier molecular flexibility index (Phi) is 6.29. The lowest BCUT2D eigenvalue weighted by Gasteiger charge is -2.63. The van der Waals surface area contributed by atoms with Gasteiger partial charge in [0.2, 0.25) is 11.6 Å². The molecule has 14 nitrogen and oxygen atoms in total. The van der Waals surface area contributed by atoms with E-state index in [9.17, 15) is 34.2 Å². The molecule has 0 radical (unpaired) electrons. The number of methoxy groups -OCH3 is 1. The summed E-state index contributed by atoms with van der Waals surface area (Å²) >= 11 is 0. The number of esters is 4. The summed E-state index contributed by atoms with van der Waals surface area (Å²) in [5.41, 5.74) is -11.9. The summed E-state index contributed by atoms with van der Waals surface area (Å²) in [7, 11) is 1.13. The lowest BCUT2D eigenvalue weighted by Crippen LogP contribution is -2.77. The van der Waals surface area contributed by atoms with Crippen LogP contribution in [0.15, 0.2) is 35.2 Å². The third kappa shape index (κ3) is 3.25. The maximum atomic E-state index is 14.3. The first kappa shape index (κ1) is 31.4. The van der Waals surface area contributed by atoms with Gasteiger partial charge in [-0.1, -0.05) is 19.9 Å². The van der Waals surface area contributed by atoms with Crippen molar-refractivity contribution in [2.24, 2.45) is 22.2 Å². The van der Waals surface area contributed by atoms with Crippen molar-refractivity contribution in [3.05, 3.63) is 36.3 Å². The maximum Gasteiger partial charge on any atom is 0.339 e. The molecule has 0 aromatic carbocycles. The second-order valence-corrected chi connectivity index (χ2v) is 13.6. The fraction of sp³-hybridized carbons (Fsp3) is 0.645. The van der Waals surface area contributed by atoms with Gasteiger partial charge in [-0.25, -0.2) is 9.59 Å². The van der Waals surface area contributed by atoms with E-state index in [0.29, 0.717) is 5.56 Å². The van der Waals surface area contributed by atoms with Crippen LogP contribution in [-0.2, 0) is 52.4 Å². The van der Waals surface area contributed by atoms with Crippen LogP contribution in [0.5, 0.6) is 0 Å². The van der Waals surface area contributed by atoms with Crippen molar-refractivity contribution >= 4 is 29.7 Å². The fourth-order valence-electron chi connectivity index (χ4n) is 9.52. The highest BCUT2D eigenvalue weighted by Crippen LogP contribution is 2.85. The highest BCUT2D eigenvalue weighted by molar-refractivity contribution is 6.00. The molecule has 1 aromatic rings. The minimum atomic E-state index is -2.85. The van der Waals surface area contributed by atoms with Crippen molar-refractivity contribution in [2.75, 3.05) is 7.11 Å². The standard InChI is InChI=1S/C31H36O14/c1-14(32)41-18-19-26(5,11-9-17(34)39-8)29(37)24(36)25(3,4)45-31(29,38)28(19,7)30-22(44-30)23(35)43-20(16-10-12-40-13-16)27(30,6)21(18)42-15(2)33/h9-13,18-22,37-38H,1-8H3/b11-9-/t18-,19-,20+,21-,22-,26+,27-,28-,29+,30-,31+/m1/s1. The number of ether oxygens (including phenoxy) is 6. The number of Topliss-reactive ketones (excluding diaryl/α,β-unsaturated/α-hetero) is 1.